The van der Waals surface area contributed by atoms with E-state index in [2.05, 4.69) is 5.32 Å². The maximum Gasteiger partial charge on any atom is 0.238 e. The quantitative estimate of drug-likeness (QED) is 0.690. The van der Waals surface area contributed by atoms with Crippen molar-refractivity contribution < 1.29 is 4.79 Å². The van der Waals surface area contributed by atoms with E-state index in [0.29, 0.717) is 11.4 Å². The first kappa shape index (κ1) is 10.1. The zero-order valence-corrected chi connectivity index (χ0v) is 7.87. The van der Waals surface area contributed by atoms with Crippen molar-refractivity contribution in [1.29, 1.82) is 5.26 Å². The molecule has 1 amide bonds. The Hall–Kier alpha value is -2.02. The Bertz CT molecular complexity index is 373. The lowest BCUT2D eigenvalue weighted by Gasteiger charge is -2.09. The van der Waals surface area contributed by atoms with Crippen molar-refractivity contribution in [3.8, 4) is 6.07 Å². The Morgan fingerprint density at radius 3 is 2.93 bits per heavy atom. The molecule has 0 saturated carbocycles. The fraction of sp³-hybridized carbons (Fsp3) is 0.200. The first-order valence-corrected chi connectivity index (χ1v) is 4.17. The molecule has 14 heavy (non-hydrogen) atoms. The summed E-state index contributed by atoms with van der Waals surface area (Å²) in [6.45, 7) is 1.85. The molecule has 0 heterocycles. The molecule has 0 atom stereocenters. The van der Waals surface area contributed by atoms with E-state index in [1.807, 2.05) is 19.1 Å². The van der Waals surface area contributed by atoms with Gasteiger partial charge in [0.15, 0.2) is 0 Å². The average Bonchev–Trinajstić information content (AvgIpc) is 2.12. The van der Waals surface area contributed by atoms with Gasteiger partial charge in [-0.3, -0.25) is 4.79 Å². The molecule has 0 saturated heterocycles. The Morgan fingerprint density at radius 2 is 2.36 bits per heavy atom. The third-order valence-corrected chi connectivity index (χ3v) is 1.81. The van der Waals surface area contributed by atoms with Crippen molar-refractivity contribution in [3.05, 3.63) is 23.8 Å². The molecule has 0 aliphatic rings. The van der Waals surface area contributed by atoms with Crippen LogP contribution in [0, 0.1) is 18.3 Å². The van der Waals surface area contributed by atoms with Gasteiger partial charge in [-0.1, -0.05) is 12.1 Å². The molecule has 1 aromatic rings. The van der Waals surface area contributed by atoms with Crippen LogP contribution in [0.3, 0.4) is 0 Å². The topological polar surface area (TPSA) is 78.9 Å². The second-order valence-electron chi connectivity index (χ2n) is 2.92. The van der Waals surface area contributed by atoms with E-state index < -0.39 is 0 Å². The van der Waals surface area contributed by atoms with Crippen molar-refractivity contribution in [3.63, 3.8) is 0 Å². The molecule has 1 rings (SSSR count). The maximum absolute atomic E-state index is 11.1. The van der Waals surface area contributed by atoms with E-state index in [1.54, 1.807) is 12.1 Å². The largest absolute Gasteiger partial charge is 0.397 e. The van der Waals surface area contributed by atoms with Gasteiger partial charge in [0.05, 0.1) is 17.4 Å². The Balaban J connectivity index is 2.87. The summed E-state index contributed by atoms with van der Waals surface area (Å²) in [5.74, 6) is -0.339. The number of nitrogens with two attached hydrogens (primary N) is 1. The summed E-state index contributed by atoms with van der Waals surface area (Å²) in [6, 6.07) is 7.13. The molecule has 0 fully saturated rings. The van der Waals surface area contributed by atoms with Crippen molar-refractivity contribution in [2.45, 2.75) is 13.3 Å². The Kier molecular flexibility index (Phi) is 3.08. The summed E-state index contributed by atoms with van der Waals surface area (Å²) in [5.41, 5.74) is 7.65. The maximum atomic E-state index is 11.1. The number of hydrogen-bond donors (Lipinski definition) is 2. The molecule has 4 nitrogen and oxygen atoms in total. The Morgan fingerprint density at radius 1 is 1.64 bits per heavy atom. The fourth-order valence-electron chi connectivity index (χ4n) is 1.12. The number of nitrogens with zero attached hydrogens (tertiary/aromatic N) is 1. The molecule has 3 N–H and O–H groups in total. The van der Waals surface area contributed by atoms with Gasteiger partial charge in [0.1, 0.15) is 6.42 Å². The SMILES string of the molecule is Cc1cccc(N)c1NC(=O)CC#N. The van der Waals surface area contributed by atoms with Gasteiger partial charge in [-0.15, -0.1) is 0 Å². The average molecular weight is 189 g/mol. The van der Waals surface area contributed by atoms with Crippen LogP contribution in [-0.4, -0.2) is 5.91 Å². The van der Waals surface area contributed by atoms with E-state index >= 15 is 0 Å². The number of nitrogen functional groups attached to an aromatic ring is 1. The third-order valence-electron chi connectivity index (χ3n) is 1.81. The first-order valence-electron chi connectivity index (χ1n) is 4.17. The van der Waals surface area contributed by atoms with Gasteiger partial charge in [0, 0.05) is 0 Å². The number of amides is 1. The first-order chi connectivity index (χ1) is 6.65. The summed E-state index contributed by atoms with van der Waals surface area (Å²) in [5, 5.41) is 10.9. The molecule has 0 bridgehead atoms. The van der Waals surface area contributed by atoms with E-state index in [1.165, 1.54) is 0 Å². The fourth-order valence-corrected chi connectivity index (χ4v) is 1.12. The third kappa shape index (κ3) is 2.23. The number of hydrogen-bond acceptors (Lipinski definition) is 3. The number of carbonyl (C=O) groups is 1. The van der Waals surface area contributed by atoms with Crippen LogP contribution in [0.2, 0.25) is 0 Å². The van der Waals surface area contributed by atoms with Crippen molar-refractivity contribution in [1.82, 2.24) is 0 Å². The van der Waals surface area contributed by atoms with Crippen LogP contribution in [0.4, 0.5) is 11.4 Å². The predicted octanol–water partition coefficient (Wildman–Crippen LogP) is 1.43. The van der Waals surface area contributed by atoms with Crippen LogP contribution in [0.15, 0.2) is 18.2 Å². The minimum absolute atomic E-state index is 0.159. The second kappa shape index (κ2) is 4.28. The van der Waals surface area contributed by atoms with Gasteiger partial charge in [0.2, 0.25) is 5.91 Å². The molecule has 1 aromatic carbocycles. The predicted molar refractivity (Wildman–Crippen MR) is 54.5 cm³/mol. The van der Waals surface area contributed by atoms with E-state index in [-0.39, 0.29) is 12.3 Å². The smallest absolute Gasteiger partial charge is 0.238 e. The molecule has 0 spiro atoms. The molecular weight excluding hydrogens is 178 g/mol. The minimum atomic E-state index is -0.339. The molecule has 0 aromatic heterocycles. The van der Waals surface area contributed by atoms with Crippen LogP contribution < -0.4 is 11.1 Å². The molecule has 0 aliphatic heterocycles. The number of anilines is 2. The van der Waals surface area contributed by atoms with Crippen molar-refractivity contribution in [2.75, 3.05) is 11.1 Å². The number of aryl methyl sites for hydroxylation is 1. The standard InChI is InChI=1S/C10H11N3O/c1-7-3-2-4-8(12)10(7)13-9(14)5-6-11/h2-4H,5,12H2,1H3,(H,13,14). The van der Waals surface area contributed by atoms with Crippen LogP contribution in [0.1, 0.15) is 12.0 Å². The summed E-state index contributed by atoms with van der Waals surface area (Å²) in [6.07, 6.45) is -0.159. The van der Waals surface area contributed by atoms with Crippen LogP contribution >= 0.6 is 0 Å². The number of carbonyl (C=O) groups excluding carboxylic acids is 1. The lowest BCUT2D eigenvalue weighted by molar-refractivity contribution is -0.115. The molecule has 72 valence electrons. The van der Waals surface area contributed by atoms with Crippen LogP contribution in [0.25, 0.3) is 0 Å². The highest BCUT2D eigenvalue weighted by molar-refractivity contribution is 5.95. The van der Waals surface area contributed by atoms with E-state index in [4.69, 9.17) is 11.0 Å². The van der Waals surface area contributed by atoms with Crippen molar-refractivity contribution >= 4 is 17.3 Å². The zero-order chi connectivity index (χ0) is 10.6. The summed E-state index contributed by atoms with van der Waals surface area (Å²) >= 11 is 0. The second-order valence-corrected chi connectivity index (χ2v) is 2.92. The highest BCUT2D eigenvalue weighted by Gasteiger charge is 2.06. The van der Waals surface area contributed by atoms with Gasteiger partial charge in [-0.05, 0) is 18.6 Å². The number of rotatable bonds is 2. The minimum Gasteiger partial charge on any atom is -0.397 e. The number of benzene rings is 1. The zero-order valence-electron chi connectivity index (χ0n) is 7.87. The highest BCUT2D eigenvalue weighted by Crippen LogP contribution is 2.22. The van der Waals surface area contributed by atoms with Crippen LogP contribution in [-0.2, 0) is 4.79 Å². The van der Waals surface area contributed by atoms with Gasteiger partial charge < -0.3 is 11.1 Å². The summed E-state index contributed by atoms with van der Waals surface area (Å²) in [7, 11) is 0. The lowest BCUT2D eigenvalue weighted by atomic mass is 10.1. The van der Waals surface area contributed by atoms with Gasteiger partial charge in [0.25, 0.3) is 0 Å². The van der Waals surface area contributed by atoms with Crippen LogP contribution in [0.5, 0.6) is 0 Å². The highest BCUT2D eigenvalue weighted by atomic mass is 16.1. The van der Waals surface area contributed by atoms with Gasteiger partial charge in [-0.2, -0.15) is 5.26 Å². The molecule has 0 radical (unpaired) electrons. The number of para-hydroxylation sites is 1. The monoisotopic (exact) mass is 189 g/mol. The molecule has 0 aliphatic carbocycles. The van der Waals surface area contributed by atoms with Crippen molar-refractivity contribution in [2.24, 2.45) is 0 Å². The van der Waals surface area contributed by atoms with E-state index in [9.17, 15) is 4.79 Å². The van der Waals surface area contributed by atoms with Gasteiger partial charge in [-0.25, -0.2) is 0 Å². The number of nitrogens with one attached hydrogen (secondary N) is 1. The summed E-state index contributed by atoms with van der Waals surface area (Å²) in [4.78, 5) is 11.1. The number of nitriles is 1. The van der Waals surface area contributed by atoms with E-state index in [0.717, 1.165) is 5.56 Å². The molecular formula is C10H11N3O. The molecule has 4 heteroatoms. The normalized spacial score (nSPS) is 9.14. The Labute approximate surface area is 82.3 Å². The van der Waals surface area contributed by atoms with Gasteiger partial charge >= 0.3 is 0 Å². The summed E-state index contributed by atoms with van der Waals surface area (Å²) < 4.78 is 0. The molecule has 0 unspecified atom stereocenters. The lowest BCUT2D eigenvalue weighted by Crippen LogP contribution is -2.12.